The Hall–Kier alpha value is -1.15. The number of benzene rings is 1. The highest BCUT2D eigenvalue weighted by atomic mass is 16.3. The summed E-state index contributed by atoms with van der Waals surface area (Å²) in [5.41, 5.74) is 2.80. The van der Waals surface area contributed by atoms with Crippen LogP contribution in [0.1, 0.15) is 28.4 Å². The topological polar surface area (TPSA) is 37.3 Å². The van der Waals surface area contributed by atoms with E-state index < -0.39 is 6.61 Å². The molecular formula is C11H14O2. The first kappa shape index (κ1) is 9.93. The Bertz CT molecular complexity index is 316. The van der Waals surface area contributed by atoms with Crippen LogP contribution in [0.15, 0.2) is 18.2 Å². The van der Waals surface area contributed by atoms with Gasteiger partial charge in [0, 0.05) is 5.56 Å². The predicted octanol–water partition coefficient (Wildman–Crippen LogP) is 1.73. The molecule has 13 heavy (non-hydrogen) atoms. The smallest absolute Gasteiger partial charge is 0.188 e. The van der Waals surface area contributed by atoms with Gasteiger partial charge in [-0.15, -0.1) is 0 Å². The average molecular weight is 178 g/mol. The van der Waals surface area contributed by atoms with Gasteiger partial charge in [-0.25, -0.2) is 0 Å². The second-order valence-corrected chi connectivity index (χ2v) is 3.02. The van der Waals surface area contributed by atoms with E-state index >= 15 is 0 Å². The monoisotopic (exact) mass is 178 g/mol. The van der Waals surface area contributed by atoms with Crippen molar-refractivity contribution in [2.75, 3.05) is 6.61 Å². The highest BCUT2D eigenvalue weighted by Gasteiger charge is 2.08. The largest absolute Gasteiger partial charge is 0.388 e. The van der Waals surface area contributed by atoms with Crippen LogP contribution in [0, 0.1) is 6.92 Å². The molecule has 1 aromatic rings. The summed E-state index contributed by atoms with van der Waals surface area (Å²) in [7, 11) is 0. The maximum absolute atomic E-state index is 11.3. The number of aliphatic hydroxyl groups excluding tert-OH is 1. The summed E-state index contributed by atoms with van der Waals surface area (Å²) in [6, 6.07) is 5.62. The van der Waals surface area contributed by atoms with E-state index in [0.717, 1.165) is 12.0 Å². The van der Waals surface area contributed by atoms with Gasteiger partial charge in [-0.05, 0) is 24.5 Å². The van der Waals surface area contributed by atoms with E-state index in [4.69, 9.17) is 5.11 Å². The Labute approximate surface area is 78.2 Å². The molecule has 0 unspecified atom stereocenters. The predicted molar refractivity (Wildman–Crippen MR) is 52.0 cm³/mol. The van der Waals surface area contributed by atoms with Crippen LogP contribution in [-0.2, 0) is 6.42 Å². The molecule has 2 nitrogen and oxygen atoms in total. The van der Waals surface area contributed by atoms with E-state index in [9.17, 15) is 4.79 Å². The van der Waals surface area contributed by atoms with Gasteiger partial charge in [0.25, 0.3) is 0 Å². The van der Waals surface area contributed by atoms with Gasteiger partial charge in [0.2, 0.25) is 0 Å². The maximum Gasteiger partial charge on any atom is 0.188 e. The van der Waals surface area contributed by atoms with Crippen LogP contribution >= 0.6 is 0 Å². The fourth-order valence-electron chi connectivity index (χ4n) is 1.45. The van der Waals surface area contributed by atoms with Crippen LogP contribution < -0.4 is 0 Å². The summed E-state index contributed by atoms with van der Waals surface area (Å²) in [4.78, 5) is 11.3. The van der Waals surface area contributed by atoms with E-state index in [0.29, 0.717) is 5.56 Å². The molecule has 70 valence electrons. The Morgan fingerprint density at radius 3 is 2.69 bits per heavy atom. The molecule has 0 fully saturated rings. The van der Waals surface area contributed by atoms with Gasteiger partial charge < -0.3 is 5.11 Å². The minimum absolute atomic E-state index is 0.201. The molecule has 0 saturated carbocycles. The number of Topliss-reactive ketones (excluding diaryl/α,β-unsaturated/α-hetero) is 1. The standard InChI is InChI=1S/C11H14O2/c1-3-9-5-4-6-10(8(9)2)11(13)7-12/h4-6,12H,3,7H2,1-2H3. The number of aliphatic hydroxyl groups is 1. The molecule has 0 spiro atoms. The lowest BCUT2D eigenvalue weighted by Gasteiger charge is -2.07. The molecule has 0 aliphatic heterocycles. The van der Waals surface area contributed by atoms with Gasteiger partial charge in [0.15, 0.2) is 5.78 Å². The third-order valence-electron chi connectivity index (χ3n) is 2.27. The number of carbonyl (C=O) groups is 1. The van der Waals surface area contributed by atoms with E-state index in [-0.39, 0.29) is 5.78 Å². The molecule has 0 amide bonds. The van der Waals surface area contributed by atoms with E-state index in [1.165, 1.54) is 5.56 Å². The molecule has 0 bridgehead atoms. The molecule has 1 rings (SSSR count). The van der Waals surface area contributed by atoms with Crippen molar-refractivity contribution in [2.45, 2.75) is 20.3 Å². The van der Waals surface area contributed by atoms with Gasteiger partial charge in [0.1, 0.15) is 6.61 Å². The lowest BCUT2D eigenvalue weighted by atomic mass is 9.98. The molecule has 0 atom stereocenters. The summed E-state index contributed by atoms with van der Waals surface area (Å²) in [5.74, 6) is -0.201. The average Bonchev–Trinajstić information content (AvgIpc) is 2.17. The Kier molecular flexibility index (Phi) is 3.20. The Morgan fingerprint density at radius 2 is 2.15 bits per heavy atom. The van der Waals surface area contributed by atoms with Crippen molar-refractivity contribution in [3.8, 4) is 0 Å². The van der Waals surface area contributed by atoms with Gasteiger partial charge in [-0.1, -0.05) is 25.1 Å². The van der Waals surface area contributed by atoms with Crippen LogP contribution in [-0.4, -0.2) is 17.5 Å². The molecule has 0 aromatic heterocycles. The second kappa shape index (κ2) is 4.19. The molecule has 0 saturated heterocycles. The lowest BCUT2D eigenvalue weighted by Crippen LogP contribution is -2.07. The Balaban J connectivity index is 3.15. The molecule has 0 aliphatic rings. The zero-order valence-corrected chi connectivity index (χ0v) is 8.00. The summed E-state index contributed by atoms with van der Waals surface area (Å²) in [6.07, 6.45) is 0.915. The van der Waals surface area contributed by atoms with Gasteiger partial charge in [-0.3, -0.25) is 4.79 Å². The summed E-state index contributed by atoms with van der Waals surface area (Å²) in [6.45, 7) is 3.56. The van der Waals surface area contributed by atoms with Crippen molar-refractivity contribution in [3.63, 3.8) is 0 Å². The number of carbonyl (C=O) groups excluding carboxylic acids is 1. The molecular weight excluding hydrogens is 164 g/mol. The van der Waals surface area contributed by atoms with Gasteiger partial charge in [-0.2, -0.15) is 0 Å². The summed E-state index contributed by atoms with van der Waals surface area (Å²) in [5, 5.41) is 8.73. The van der Waals surface area contributed by atoms with Crippen LogP contribution in [0.25, 0.3) is 0 Å². The fourth-order valence-corrected chi connectivity index (χ4v) is 1.45. The maximum atomic E-state index is 11.3. The normalized spacial score (nSPS) is 10.1. The van der Waals surface area contributed by atoms with Crippen LogP contribution in [0.2, 0.25) is 0 Å². The van der Waals surface area contributed by atoms with Crippen LogP contribution in [0.3, 0.4) is 0 Å². The third kappa shape index (κ3) is 1.95. The van der Waals surface area contributed by atoms with Crippen molar-refractivity contribution in [1.29, 1.82) is 0 Å². The van der Waals surface area contributed by atoms with Crippen LogP contribution in [0.5, 0.6) is 0 Å². The lowest BCUT2D eigenvalue weighted by molar-refractivity contribution is 0.0903. The van der Waals surface area contributed by atoms with Crippen molar-refractivity contribution in [2.24, 2.45) is 0 Å². The molecule has 1 aromatic carbocycles. The molecule has 2 heteroatoms. The van der Waals surface area contributed by atoms with Crippen molar-refractivity contribution in [1.82, 2.24) is 0 Å². The fraction of sp³-hybridized carbons (Fsp3) is 0.364. The zero-order chi connectivity index (χ0) is 9.84. The number of ketones is 1. The van der Waals surface area contributed by atoms with E-state index in [1.807, 2.05) is 19.1 Å². The number of rotatable bonds is 3. The third-order valence-corrected chi connectivity index (χ3v) is 2.27. The van der Waals surface area contributed by atoms with E-state index in [1.54, 1.807) is 6.07 Å². The van der Waals surface area contributed by atoms with Gasteiger partial charge in [0.05, 0.1) is 0 Å². The number of hydrogen-bond donors (Lipinski definition) is 1. The van der Waals surface area contributed by atoms with Crippen molar-refractivity contribution in [3.05, 3.63) is 34.9 Å². The van der Waals surface area contributed by atoms with Gasteiger partial charge >= 0.3 is 0 Å². The summed E-state index contributed by atoms with van der Waals surface area (Å²) < 4.78 is 0. The molecule has 0 heterocycles. The zero-order valence-electron chi connectivity index (χ0n) is 8.00. The first-order chi connectivity index (χ1) is 6.20. The Morgan fingerprint density at radius 1 is 1.46 bits per heavy atom. The first-order valence-corrected chi connectivity index (χ1v) is 4.43. The molecule has 0 aliphatic carbocycles. The minimum atomic E-state index is -0.409. The molecule has 1 N–H and O–H groups in total. The number of aryl methyl sites for hydroxylation is 1. The number of hydrogen-bond acceptors (Lipinski definition) is 2. The second-order valence-electron chi connectivity index (χ2n) is 3.02. The van der Waals surface area contributed by atoms with E-state index in [2.05, 4.69) is 6.92 Å². The first-order valence-electron chi connectivity index (χ1n) is 4.43. The summed E-state index contributed by atoms with van der Waals surface area (Å²) >= 11 is 0. The SMILES string of the molecule is CCc1cccc(C(=O)CO)c1C. The minimum Gasteiger partial charge on any atom is -0.388 e. The highest BCUT2D eigenvalue weighted by Crippen LogP contribution is 2.14. The van der Waals surface area contributed by atoms with Crippen molar-refractivity contribution >= 4 is 5.78 Å². The molecule has 0 radical (unpaired) electrons. The van der Waals surface area contributed by atoms with Crippen LogP contribution in [0.4, 0.5) is 0 Å². The quantitative estimate of drug-likeness (QED) is 0.716. The highest BCUT2D eigenvalue weighted by molar-refractivity contribution is 5.98. The van der Waals surface area contributed by atoms with Crippen molar-refractivity contribution < 1.29 is 9.90 Å².